The van der Waals surface area contributed by atoms with Crippen LogP contribution in [0.5, 0.6) is 0 Å². The molecule has 0 atom stereocenters. The van der Waals surface area contributed by atoms with E-state index in [4.69, 9.17) is 0 Å². The Morgan fingerprint density at radius 3 is 2.81 bits per heavy atom. The summed E-state index contributed by atoms with van der Waals surface area (Å²) in [6.45, 7) is 1.40. The minimum Gasteiger partial charge on any atom is -0.351 e. The maximum atomic E-state index is 14.1. The highest BCUT2D eigenvalue weighted by Gasteiger charge is 2.16. The number of hydrogen-bond acceptors (Lipinski definition) is 3. The van der Waals surface area contributed by atoms with Crippen molar-refractivity contribution in [2.45, 2.75) is 6.42 Å². The fraction of sp³-hybridized carbons (Fsp3) is 0.263. The molecule has 0 aliphatic heterocycles. The Hall–Kier alpha value is -2.80. The molecule has 0 saturated carbocycles. The standard InChI is InChI=1S/C19H20F2N4O/c1-25(2)10-4-9-22-19(26)18-14-11-12(7-8-16(14)23-24-18)13-5-3-6-15(20)17(13)21/h3,5-8,11H,4,9-10H2,1-2H3,(H,22,26)(H,23,24). The molecule has 2 N–H and O–H groups in total. The monoisotopic (exact) mass is 358 g/mol. The number of H-pyrrole nitrogens is 1. The summed E-state index contributed by atoms with van der Waals surface area (Å²) in [5, 5.41) is 10.3. The second kappa shape index (κ2) is 7.61. The number of amides is 1. The molecule has 7 heteroatoms. The van der Waals surface area contributed by atoms with Gasteiger partial charge in [-0.2, -0.15) is 5.10 Å². The number of carbonyl (C=O) groups is 1. The number of fused-ring (bicyclic) bond motifs is 1. The van der Waals surface area contributed by atoms with Crippen molar-refractivity contribution >= 4 is 16.8 Å². The summed E-state index contributed by atoms with van der Waals surface area (Å²) in [5.41, 5.74) is 1.52. The lowest BCUT2D eigenvalue weighted by molar-refractivity contribution is 0.0949. The molecule has 0 radical (unpaired) electrons. The maximum absolute atomic E-state index is 14.1. The lowest BCUT2D eigenvalue weighted by Crippen LogP contribution is -2.27. The van der Waals surface area contributed by atoms with Crippen LogP contribution in [0.15, 0.2) is 36.4 Å². The van der Waals surface area contributed by atoms with E-state index >= 15 is 0 Å². The number of carbonyl (C=O) groups excluding carboxylic acids is 1. The van der Waals surface area contributed by atoms with E-state index in [1.54, 1.807) is 18.2 Å². The molecule has 0 bridgehead atoms. The Kier molecular flexibility index (Phi) is 5.27. The van der Waals surface area contributed by atoms with Crippen LogP contribution in [-0.2, 0) is 0 Å². The molecule has 5 nitrogen and oxygen atoms in total. The molecule has 3 aromatic rings. The highest BCUT2D eigenvalue weighted by Crippen LogP contribution is 2.28. The zero-order valence-electron chi connectivity index (χ0n) is 14.6. The minimum atomic E-state index is -0.912. The van der Waals surface area contributed by atoms with Gasteiger partial charge in [0.1, 0.15) is 0 Å². The second-order valence-electron chi connectivity index (χ2n) is 6.35. The van der Waals surface area contributed by atoms with Crippen LogP contribution in [-0.4, -0.2) is 48.2 Å². The lowest BCUT2D eigenvalue weighted by Gasteiger charge is -2.09. The van der Waals surface area contributed by atoms with Crippen molar-refractivity contribution in [3.05, 3.63) is 53.7 Å². The molecule has 0 aliphatic rings. The van der Waals surface area contributed by atoms with Gasteiger partial charge in [0, 0.05) is 17.5 Å². The smallest absolute Gasteiger partial charge is 0.272 e. The molecule has 0 spiro atoms. The zero-order valence-corrected chi connectivity index (χ0v) is 14.6. The fourth-order valence-corrected chi connectivity index (χ4v) is 2.76. The van der Waals surface area contributed by atoms with Gasteiger partial charge in [-0.15, -0.1) is 0 Å². The molecule has 2 aromatic carbocycles. The van der Waals surface area contributed by atoms with E-state index in [1.807, 2.05) is 19.0 Å². The minimum absolute atomic E-state index is 0.144. The number of hydrogen-bond donors (Lipinski definition) is 2. The first-order chi connectivity index (χ1) is 12.5. The van der Waals surface area contributed by atoms with Gasteiger partial charge in [-0.25, -0.2) is 8.78 Å². The molecular weight excluding hydrogens is 338 g/mol. The first kappa shape index (κ1) is 18.0. The van der Waals surface area contributed by atoms with Crippen LogP contribution >= 0.6 is 0 Å². The lowest BCUT2D eigenvalue weighted by atomic mass is 10.0. The molecule has 0 unspecified atom stereocenters. The van der Waals surface area contributed by atoms with Gasteiger partial charge in [-0.3, -0.25) is 9.89 Å². The van der Waals surface area contributed by atoms with E-state index in [0.29, 0.717) is 23.0 Å². The predicted octanol–water partition coefficient (Wildman–Crippen LogP) is 3.19. The van der Waals surface area contributed by atoms with E-state index in [-0.39, 0.29) is 17.2 Å². The average Bonchev–Trinajstić information content (AvgIpc) is 3.04. The summed E-state index contributed by atoms with van der Waals surface area (Å²) in [7, 11) is 3.94. The molecule has 1 heterocycles. The van der Waals surface area contributed by atoms with Crippen molar-refractivity contribution in [1.82, 2.24) is 20.4 Å². The Morgan fingerprint density at radius 1 is 1.23 bits per heavy atom. The summed E-state index contributed by atoms with van der Waals surface area (Å²) >= 11 is 0. The third-order valence-corrected chi connectivity index (χ3v) is 4.11. The molecule has 1 aromatic heterocycles. The molecule has 136 valence electrons. The van der Waals surface area contributed by atoms with Crippen molar-refractivity contribution < 1.29 is 13.6 Å². The molecular formula is C19H20F2N4O. The fourth-order valence-electron chi connectivity index (χ4n) is 2.76. The molecule has 0 saturated heterocycles. The number of aromatic nitrogens is 2. The van der Waals surface area contributed by atoms with Gasteiger partial charge in [0.2, 0.25) is 0 Å². The quantitative estimate of drug-likeness (QED) is 0.666. The SMILES string of the molecule is CN(C)CCCNC(=O)c1n[nH]c2ccc(-c3cccc(F)c3F)cc12. The Bertz CT molecular complexity index is 936. The summed E-state index contributed by atoms with van der Waals surface area (Å²) in [6, 6.07) is 9.03. The number of benzene rings is 2. The van der Waals surface area contributed by atoms with Gasteiger partial charge >= 0.3 is 0 Å². The van der Waals surface area contributed by atoms with Crippen LogP contribution in [0.1, 0.15) is 16.9 Å². The van der Waals surface area contributed by atoms with Crippen LogP contribution in [0.25, 0.3) is 22.0 Å². The average molecular weight is 358 g/mol. The third kappa shape index (κ3) is 3.72. The van der Waals surface area contributed by atoms with Gasteiger partial charge in [0.15, 0.2) is 17.3 Å². The maximum Gasteiger partial charge on any atom is 0.272 e. The predicted molar refractivity (Wildman–Crippen MR) is 96.9 cm³/mol. The number of aromatic amines is 1. The van der Waals surface area contributed by atoms with E-state index in [2.05, 4.69) is 15.5 Å². The van der Waals surface area contributed by atoms with Gasteiger partial charge in [0.25, 0.3) is 5.91 Å². The van der Waals surface area contributed by atoms with Crippen LogP contribution < -0.4 is 5.32 Å². The Balaban J connectivity index is 1.86. The summed E-state index contributed by atoms with van der Waals surface area (Å²) in [4.78, 5) is 14.4. The third-order valence-electron chi connectivity index (χ3n) is 4.11. The second-order valence-corrected chi connectivity index (χ2v) is 6.35. The summed E-state index contributed by atoms with van der Waals surface area (Å²) < 4.78 is 27.6. The Labute approximate surface area is 150 Å². The Morgan fingerprint density at radius 2 is 2.04 bits per heavy atom. The first-order valence-electron chi connectivity index (χ1n) is 8.33. The topological polar surface area (TPSA) is 61.0 Å². The van der Waals surface area contributed by atoms with Crippen molar-refractivity contribution in [3.63, 3.8) is 0 Å². The summed E-state index contributed by atoms with van der Waals surface area (Å²) in [6.07, 6.45) is 0.820. The van der Waals surface area contributed by atoms with E-state index in [9.17, 15) is 13.6 Å². The highest BCUT2D eigenvalue weighted by atomic mass is 19.2. The van der Waals surface area contributed by atoms with Crippen molar-refractivity contribution in [2.24, 2.45) is 0 Å². The van der Waals surface area contributed by atoms with Crippen molar-refractivity contribution in [3.8, 4) is 11.1 Å². The van der Waals surface area contributed by atoms with Crippen LogP contribution in [0, 0.1) is 11.6 Å². The van der Waals surface area contributed by atoms with Gasteiger partial charge in [0.05, 0.1) is 5.52 Å². The first-order valence-corrected chi connectivity index (χ1v) is 8.33. The molecule has 26 heavy (non-hydrogen) atoms. The largest absolute Gasteiger partial charge is 0.351 e. The molecule has 1 amide bonds. The van der Waals surface area contributed by atoms with Crippen molar-refractivity contribution in [1.29, 1.82) is 0 Å². The van der Waals surface area contributed by atoms with E-state index < -0.39 is 11.6 Å². The number of nitrogens with zero attached hydrogens (tertiary/aromatic N) is 2. The van der Waals surface area contributed by atoms with Crippen LogP contribution in [0.2, 0.25) is 0 Å². The van der Waals surface area contributed by atoms with Gasteiger partial charge < -0.3 is 10.2 Å². The molecule has 0 fully saturated rings. The van der Waals surface area contributed by atoms with E-state index in [1.165, 1.54) is 12.1 Å². The van der Waals surface area contributed by atoms with Gasteiger partial charge in [-0.05, 0) is 50.8 Å². The van der Waals surface area contributed by atoms with Crippen LogP contribution in [0.4, 0.5) is 8.78 Å². The normalized spacial score (nSPS) is 11.3. The summed E-state index contributed by atoms with van der Waals surface area (Å²) in [5.74, 6) is -2.12. The molecule has 0 aliphatic carbocycles. The number of rotatable bonds is 6. The van der Waals surface area contributed by atoms with E-state index in [0.717, 1.165) is 19.0 Å². The van der Waals surface area contributed by atoms with Gasteiger partial charge in [-0.1, -0.05) is 18.2 Å². The highest BCUT2D eigenvalue weighted by molar-refractivity contribution is 6.05. The van der Waals surface area contributed by atoms with Crippen LogP contribution in [0.3, 0.4) is 0 Å². The molecule has 3 rings (SSSR count). The van der Waals surface area contributed by atoms with Crippen molar-refractivity contribution in [2.75, 3.05) is 27.2 Å². The number of nitrogens with one attached hydrogen (secondary N) is 2. The number of halogens is 2. The zero-order chi connectivity index (χ0) is 18.7.